The third-order valence-electron chi connectivity index (χ3n) is 2.58. The van der Waals surface area contributed by atoms with E-state index in [2.05, 4.69) is 4.98 Å². The molecule has 0 aliphatic heterocycles. The number of aromatic amines is 1. The van der Waals surface area contributed by atoms with Crippen LogP contribution in [0.2, 0.25) is 0 Å². The van der Waals surface area contributed by atoms with Gasteiger partial charge in [-0.25, -0.2) is 0 Å². The lowest BCUT2D eigenvalue weighted by atomic mass is 10.1. The standard InChI is InChI=1S/C12H13NOS/c1-8(15-2)12(14)10-7-13-11-6-4-3-5-9(10)11/h3-8,13H,1-2H3/t8-/m1/s1. The fraction of sp³-hybridized carbons (Fsp3) is 0.250. The maximum atomic E-state index is 12.0. The highest BCUT2D eigenvalue weighted by Crippen LogP contribution is 2.21. The molecule has 0 saturated heterocycles. The summed E-state index contributed by atoms with van der Waals surface area (Å²) in [7, 11) is 0. The maximum Gasteiger partial charge on any atom is 0.177 e. The quantitative estimate of drug-likeness (QED) is 0.805. The first-order valence-corrected chi connectivity index (χ1v) is 6.16. The first kappa shape index (κ1) is 10.3. The van der Waals surface area contributed by atoms with Crippen LogP contribution >= 0.6 is 11.8 Å². The van der Waals surface area contributed by atoms with E-state index in [4.69, 9.17) is 0 Å². The molecule has 1 aromatic carbocycles. The molecule has 0 spiro atoms. The number of benzene rings is 1. The third-order valence-corrected chi connectivity index (χ3v) is 3.50. The second-order valence-corrected chi connectivity index (χ2v) is 4.67. The van der Waals surface area contributed by atoms with E-state index in [9.17, 15) is 4.79 Å². The molecular formula is C12H13NOS. The van der Waals surface area contributed by atoms with Crippen LogP contribution < -0.4 is 0 Å². The van der Waals surface area contributed by atoms with Crippen molar-refractivity contribution in [1.29, 1.82) is 0 Å². The molecule has 2 nitrogen and oxygen atoms in total. The average molecular weight is 219 g/mol. The second kappa shape index (κ2) is 4.11. The Labute approximate surface area is 93.1 Å². The number of rotatable bonds is 3. The first-order chi connectivity index (χ1) is 7.24. The van der Waals surface area contributed by atoms with Gasteiger partial charge in [0.15, 0.2) is 5.78 Å². The summed E-state index contributed by atoms with van der Waals surface area (Å²) in [6.07, 6.45) is 3.76. The molecule has 0 aliphatic rings. The summed E-state index contributed by atoms with van der Waals surface area (Å²) in [5.41, 5.74) is 1.82. The Hall–Kier alpha value is -1.22. The highest BCUT2D eigenvalue weighted by Gasteiger charge is 2.17. The number of nitrogens with one attached hydrogen (secondary N) is 1. The first-order valence-electron chi connectivity index (χ1n) is 4.87. The zero-order chi connectivity index (χ0) is 10.8. The summed E-state index contributed by atoms with van der Waals surface area (Å²) >= 11 is 1.58. The van der Waals surface area contributed by atoms with Crippen LogP contribution in [0.5, 0.6) is 0 Å². The number of aromatic nitrogens is 1. The van der Waals surface area contributed by atoms with Crippen molar-refractivity contribution in [2.45, 2.75) is 12.2 Å². The predicted molar refractivity (Wildman–Crippen MR) is 65.6 cm³/mol. The number of para-hydroxylation sites is 1. The van der Waals surface area contributed by atoms with Crippen LogP contribution in [0.1, 0.15) is 17.3 Å². The van der Waals surface area contributed by atoms with Gasteiger partial charge in [0.05, 0.1) is 5.25 Å². The number of hydrogen-bond donors (Lipinski definition) is 1. The molecule has 0 aliphatic carbocycles. The minimum atomic E-state index is 0.0178. The molecule has 0 fully saturated rings. The van der Waals surface area contributed by atoms with Crippen molar-refractivity contribution >= 4 is 28.4 Å². The number of Topliss-reactive ketones (excluding diaryl/α,β-unsaturated/α-hetero) is 1. The maximum absolute atomic E-state index is 12.0. The van der Waals surface area contributed by atoms with E-state index in [1.54, 1.807) is 18.0 Å². The van der Waals surface area contributed by atoms with Gasteiger partial charge in [0.1, 0.15) is 0 Å². The van der Waals surface area contributed by atoms with Crippen molar-refractivity contribution in [3.05, 3.63) is 36.0 Å². The minimum Gasteiger partial charge on any atom is -0.360 e. The van der Waals surface area contributed by atoms with Gasteiger partial charge in [-0.05, 0) is 19.2 Å². The van der Waals surface area contributed by atoms with E-state index in [1.165, 1.54) is 0 Å². The number of hydrogen-bond acceptors (Lipinski definition) is 2. The van der Waals surface area contributed by atoms with Crippen molar-refractivity contribution < 1.29 is 4.79 Å². The number of H-pyrrole nitrogens is 1. The lowest BCUT2D eigenvalue weighted by molar-refractivity contribution is 0.0995. The fourth-order valence-corrected chi connectivity index (χ4v) is 1.94. The largest absolute Gasteiger partial charge is 0.360 e. The molecule has 1 heterocycles. The van der Waals surface area contributed by atoms with Crippen LogP contribution in [-0.4, -0.2) is 22.3 Å². The molecule has 1 aromatic heterocycles. The molecule has 15 heavy (non-hydrogen) atoms. The SMILES string of the molecule is CS[C@H](C)C(=O)c1c[nH]c2ccccc12. The van der Waals surface area contributed by atoms with E-state index in [1.807, 2.05) is 37.4 Å². The Morgan fingerprint density at radius 2 is 2.13 bits per heavy atom. The van der Waals surface area contributed by atoms with Crippen molar-refractivity contribution in [1.82, 2.24) is 4.98 Å². The van der Waals surface area contributed by atoms with Crippen molar-refractivity contribution in [2.24, 2.45) is 0 Å². The molecule has 0 amide bonds. The van der Waals surface area contributed by atoms with Crippen molar-refractivity contribution in [3.8, 4) is 0 Å². The van der Waals surface area contributed by atoms with Gasteiger partial charge in [0.25, 0.3) is 0 Å². The van der Waals surface area contributed by atoms with Crippen molar-refractivity contribution in [2.75, 3.05) is 6.26 Å². The Balaban J connectivity index is 2.48. The molecule has 1 atom stereocenters. The molecular weight excluding hydrogens is 206 g/mol. The molecule has 0 unspecified atom stereocenters. The van der Waals surface area contributed by atoms with Crippen molar-refractivity contribution in [3.63, 3.8) is 0 Å². The van der Waals surface area contributed by atoms with Crippen LogP contribution in [0, 0.1) is 0 Å². The van der Waals surface area contributed by atoms with E-state index >= 15 is 0 Å². The highest BCUT2D eigenvalue weighted by molar-refractivity contribution is 7.99. The van der Waals surface area contributed by atoms with Gasteiger partial charge in [-0.1, -0.05) is 18.2 Å². The van der Waals surface area contributed by atoms with Gasteiger partial charge in [-0.15, -0.1) is 0 Å². The van der Waals surface area contributed by atoms with Crippen LogP contribution in [0.4, 0.5) is 0 Å². The van der Waals surface area contributed by atoms with Crippen LogP contribution in [0.25, 0.3) is 10.9 Å². The summed E-state index contributed by atoms with van der Waals surface area (Å²) < 4.78 is 0. The van der Waals surface area contributed by atoms with E-state index in [-0.39, 0.29) is 11.0 Å². The van der Waals surface area contributed by atoms with Gasteiger partial charge < -0.3 is 4.98 Å². The number of carbonyl (C=O) groups is 1. The summed E-state index contributed by atoms with van der Waals surface area (Å²) in [6, 6.07) is 7.88. The number of thioether (sulfide) groups is 1. The molecule has 2 aromatic rings. The normalized spacial score (nSPS) is 12.9. The molecule has 3 heteroatoms. The lowest BCUT2D eigenvalue weighted by Crippen LogP contribution is -2.12. The van der Waals surface area contributed by atoms with Crippen LogP contribution in [-0.2, 0) is 0 Å². The number of carbonyl (C=O) groups excluding carboxylic acids is 1. The molecule has 0 saturated carbocycles. The third kappa shape index (κ3) is 1.79. The summed E-state index contributed by atoms with van der Waals surface area (Å²) in [6.45, 7) is 1.94. The molecule has 78 valence electrons. The van der Waals surface area contributed by atoms with E-state index < -0.39 is 0 Å². The van der Waals surface area contributed by atoms with Gasteiger partial charge in [0, 0.05) is 22.7 Å². The summed E-state index contributed by atoms with van der Waals surface area (Å²) in [5.74, 6) is 0.194. The Morgan fingerprint density at radius 3 is 2.87 bits per heavy atom. The summed E-state index contributed by atoms with van der Waals surface area (Å²) in [4.78, 5) is 15.1. The Bertz CT molecular complexity index is 489. The van der Waals surface area contributed by atoms with Crippen LogP contribution in [0.3, 0.4) is 0 Å². The van der Waals surface area contributed by atoms with E-state index in [0.717, 1.165) is 16.5 Å². The number of fused-ring (bicyclic) bond motifs is 1. The zero-order valence-electron chi connectivity index (χ0n) is 8.78. The fourth-order valence-electron chi connectivity index (χ4n) is 1.60. The molecule has 2 rings (SSSR count). The molecule has 1 N–H and O–H groups in total. The van der Waals surface area contributed by atoms with Crippen LogP contribution in [0.15, 0.2) is 30.5 Å². The molecule has 0 radical (unpaired) electrons. The predicted octanol–water partition coefficient (Wildman–Crippen LogP) is 3.10. The zero-order valence-corrected chi connectivity index (χ0v) is 9.60. The van der Waals surface area contributed by atoms with Gasteiger partial charge in [-0.2, -0.15) is 11.8 Å². The summed E-state index contributed by atoms with van der Waals surface area (Å²) in [5, 5.41) is 1.03. The minimum absolute atomic E-state index is 0.0178. The monoisotopic (exact) mass is 219 g/mol. The molecule has 0 bridgehead atoms. The van der Waals surface area contributed by atoms with Gasteiger partial charge in [0.2, 0.25) is 0 Å². The highest BCUT2D eigenvalue weighted by atomic mass is 32.2. The number of ketones is 1. The van der Waals surface area contributed by atoms with Gasteiger partial charge >= 0.3 is 0 Å². The lowest BCUT2D eigenvalue weighted by Gasteiger charge is -2.05. The topological polar surface area (TPSA) is 32.9 Å². The smallest absolute Gasteiger partial charge is 0.177 e. The van der Waals surface area contributed by atoms with E-state index in [0.29, 0.717) is 0 Å². The second-order valence-electron chi connectivity index (χ2n) is 3.49. The average Bonchev–Trinajstić information content (AvgIpc) is 2.70. The Morgan fingerprint density at radius 1 is 1.40 bits per heavy atom. The Kier molecular flexibility index (Phi) is 2.82. The van der Waals surface area contributed by atoms with Gasteiger partial charge in [-0.3, -0.25) is 4.79 Å².